The van der Waals surface area contributed by atoms with Gasteiger partial charge in [-0.2, -0.15) is 18.4 Å². The maximum absolute atomic E-state index is 14.6. The quantitative estimate of drug-likeness (QED) is 0.233. The summed E-state index contributed by atoms with van der Waals surface area (Å²) in [6.07, 6.45) is -1.18. The number of fused-ring (bicyclic) bond motifs is 1. The fourth-order valence-corrected chi connectivity index (χ4v) is 6.90. The molecule has 4 aromatic rings. The zero-order chi connectivity index (χ0) is 34.5. The van der Waals surface area contributed by atoms with E-state index in [9.17, 15) is 23.2 Å². The highest BCUT2D eigenvalue weighted by molar-refractivity contribution is 6.10. The third-order valence-electron chi connectivity index (χ3n) is 9.74. The molecule has 49 heavy (non-hydrogen) atoms. The van der Waals surface area contributed by atoms with E-state index < -0.39 is 17.6 Å². The van der Waals surface area contributed by atoms with Crippen LogP contribution in [0.3, 0.4) is 0 Å². The van der Waals surface area contributed by atoms with Gasteiger partial charge in [-0.15, -0.1) is 10.2 Å². The van der Waals surface area contributed by atoms with Crippen molar-refractivity contribution in [1.82, 2.24) is 24.6 Å². The number of carbonyl (C=O) groups is 1. The standard InChI is InChI=1S/C36H37F3N8O2/c1-22(2)16-41-31-13-25(27-10-23(15-40)4-5-26(27)33-44-42-21-45(33)3)14-32(43-31)47-18-29-28(34(47)48)11-24(12-30(29)36(37,38)39)17-46-8-6-35(7-9-46)19-49-20-35/h4-5,10-14,21-22H,6-9,16-20H2,1-3H3,(H,41,43). The lowest BCUT2D eigenvalue weighted by molar-refractivity contribution is -0.140. The second kappa shape index (κ2) is 12.6. The van der Waals surface area contributed by atoms with Crippen LogP contribution in [0, 0.1) is 22.7 Å². The molecule has 254 valence electrons. The van der Waals surface area contributed by atoms with Gasteiger partial charge in [0.05, 0.1) is 37.0 Å². The minimum absolute atomic E-state index is 0.0424. The van der Waals surface area contributed by atoms with Crippen molar-refractivity contribution in [2.75, 3.05) is 43.1 Å². The molecule has 1 amide bonds. The number of ether oxygens (including phenoxy) is 1. The molecule has 7 rings (SSSR count). The molecule has 2 fully saturated rings. The number of halogens is 3. The van der Waals surface area contributed by atoms with Gasteiger partial charge in [-0.1, -0.05) is 13.8 Å². The van der Waals surface area contributed by atoms with Crippen molar-refractivity contribution in [2.24, 2.45) is 18.4 Å². The number of carbonyl (C=O) groups excluding carboxylic acids is 1. The first-order chi connectivity index (χ1) is 23.4. The number of hydrogen-bond acceptors (Lipinski definition) is 8. The summed E-state index contributed by atoms with van der Waals surface area (Å²) < 4.78 is 51.0. The maximum Gasteiger partial charge on any atom is 0.416 e. The van der Waals surface area contributed by atoms with Gasteiger partial charge in [0.15, 0.2) is 5.82 Å². The number of nitrogens with one attached hydrogen (secondary N) is 1. The number of aromatic nitrogens is 4. The number of benzene rings is 2. The zero-order valence-electron chi connectivity index (χ0n) is 27.6. The molecule has 2 aromatic heterocycles. The van der Waals surface area contributed by atoms with E-state index in [1.165, 1.54) is 11.0 Å². The molecule has 0 saturated carbocycles. The Balaban J connectivity index is 1.27. The summed E-state index contributed by atoms with van der Waals surface area (Å²) in [7, 11) is 1.81. The number of hydrogen-bond donors (Lipinski definition) is 1. The molecule has 0 unspecified atom stereocenters. The Hall–Kier alpha value is -4.80. The molecule has 2 saturated heterocycles. The average Bonchev–Trinajstić information content (AvgIpc) is 3.64. The van der Waals surface area contributed by atoms with E-state index in [0.717, 1.165) is 39.1 Å². The van der Waals surface area contributed by atoms with Crippen molar-refractivity contribution in [1.29, 1.82) is 5.26 Å². The van der Waals surface area contributed by atoms with Gasteiger partial charge in [-0.25, -0.2) is 4.98 Å². The highest BCUT2D eigenvalue weighted by atomic mass is 19.4. The number of amides is 1. The highest BCUT2D eigenvalue weighted by Gasteiger charge is 2.43. The van der Waals surface area contributed by atoms with Crippen molar-refractivity contribution in [3.8, 4) is 28.6 Å². The second-order valence-electron chi connectivity index (χ2n) is 13.8. The van der Waals surface area contributed by atoms with Crippen LogP contribution in [0.5, 0.6) is 0 Å². The fraction of sp³-hybridized carbons (Fsp3) is 0.417. The first-order valence-electron chi connectivity index (χ1n) is 16.4. The number of likely N-dealkylation sites (tertiary alicyclic amines) is 1. The number of alkyl halides is 3. The van der Waals surface area contributed by atoms with E-state index in [1.54, 1.807) is 41.2 Å². The van der Waals surface area contributed by atoms with Crippen LogP contribution >= 0.6 is 0 Å². The predicted octanol–water partition coefficient (Wildman–Crippen LogP) is 6.28. The number of pyridine rings is 1. The van der Waals surface area contributed by atoms with Crippen molar-refractivity contribution >= 4 is 17.5 Å². The molecular weight excluding hydrogens is 633 g/mol. The monoisotopic (exact) mass is 670 g/mol. The summed E-state index contributed by atoms with van der Waals surface area (Å²) >= 11 is 0. The Morgan fingerprint density at radius 2 is 1.84 bits per heavy atom. The van der Waals surface area contributed by atoms with E-state index >= 15 is 0 Å². The molecule has 0 radical (unpaired) electrons. The molecule has 2 aromatic carbocycles. The van der Waals surface area contributed by atoms with E-state index in [0.29, 0.717) is 52.5 Å². The van der Waals surface area contributed by atoms with E-state index in [4.69, 9.17) is 9.72 Å². The molecule has 0 atom stereocenters. The lowest BCUT2D eigenvalue weighted by atomic mass is 9.77. The van der Waals surface area contributed by atoms with Gasteiger partial charge in [0.1, 0.15) is 18.0 Å². The molecule has 3 aliphatic rings. The molecule has 3 aliphatic heterocycles. The van der Waals surface area contributed by atoms with Crippen LogP contribution in [-0.4, -0.2) is 63.4 Å². The topological polar surface area (TPSA) is 112 Å². The van der Waals surface area contributed by atoms with E-state index in [-0.39, 0.29) is 34.8 Å². The number of piperidine rings is 1. The van der Waals surface area contributed by atoms with Crippen molar-refractivity contribution in [3.63, 3.8) is 0 Å². The van der Waals surface area contributed by atoms with E-state index in [1.807, 2.05) is 27.0 Å². The van der Waals surface area contributed by atoms with Gasteiger partial charge >= 0.3 is 6.18 Å². The van der Waals surface area contributed by atoms with Crippen LogP contribution in [-0.2, 0) is 31.1 Å². The summed E-state index contributed by atoms with van der Waals surface area (Å²) in [5.74, 6) is 0.947. The van der Waals surface area contributed by atoms with Crippen LogP contribution in [0.25, 0.3) is 22.5 Å². The number of anilines is 2. The van der Waals surface area contributed by atoms with Crippen LogP contribution in [0.4, 0.5) is 24.8 Å². The lowest BCUT2D eigenvalue weighted by Gasteiger charge is -2.47. The maximum atomic E-state index is 14.6. The highest BCUT2D eigenvalue weighted by Crippen LogP contribution is 2.42. The van der Waals surface area contributed by atoms with Gasteiger partial charge in [0.25, 0.3) is 5.91 Å². The molecule has 1 spiro atoms. The molecule has 0 aliphatic carbocycles. The van der Waals surface area contributed by atoms with Crippen molar-refractivity contribution in [3.05, 3.63) is 76.6 Å². The first-order valence-corrected chi connectivity index (χ1v) is 16.4. The van der Waals surface area contributed by atoms with Gasteiger partial charge in [-0.3, -0.25) is 14.6 Å². The Kier molecular flexibility index (Phi) is 8.40. The summed E-state index contributed by atoms with van der Waals surface area (Å²) in [6.45, 7) is 7.76. The minimum Gasteiger partial charge on any atom is -0.380 e. The SMILES string of the molecule is CC(C)CNc1cc(-c2cc(C#N)ccc2-c2nncn2C)cc(N2Cc3c(cc(CN4CCC5(CC4)COC5)cc3C(F)(F)F)C2=O)n1. The Labute approximate surface area is 282 Å². The molecule has 0 bridgehead atoms. The van der Waals surface area contributed by atoms with Gasteiger partial charge in [0.2, 0.25) is 0 Å². The largest absolute Gasteiger partial charge is 0.416 e. The predicted molar refractivity (Wildman–Crippen MR) is 177 cm³/mol. The van der Waals surface area contributed by atoms with Crippen molar-refractivity contribution in [2.45, 2.75) is 46.0 Å². The summed E-state index contributed by atoms with van der Waals surface area (Å²) in [4.78, 5) is 22.3. The molecule has 13 heteroatoms. The third kappa shape index (κ3) is 6.38. The second-order valence-corrected chi connectivity index (χ2v) is 13.8. The third-order valence-corrected chi connectivity index (χ3v) is 9.74. The summed E-state index contributed by atoms with van der Waals surface area (Å²) in [5.41, 5.74) is 2.23. The average molecular weight is 671 g/mol. The van der Waals surface area contributed by atoms with Gasteiger partial charge in [0, 0.05) is 36.7 Å². The molecule has 10 nitrogen and oxygen atoms in total. The summed E-state index contributed by atoms with van der Waals surface area (Å²) in [6, 6.07) is 13.7. The minimum atomic E-state index is -4.65. The molecular formula is C36H37F3N8O2. The molecule has 5 heterocycles. The first kappa shape index (κ1) is 32.7. The van der Waals surface area contributed by atoms with Crippen LogP contribution in [0.2, 0.25) is 0 Å². The smallest absolute Gasteiger partial charge is 0.380 e. The van der Waals surface area contributed by atoms with Gasteiger partial charge < -0.3 is 14.6 Å². The number of aryl methyl sites for hydroxylation is 1. The van der Waals surface area contributed by atoms with Gasteiger partial charge in [-0.05, 0) is 96.6 Å². The molecule has 1 N–H and O–H groups in total. The van der Waals surface area contributed by atoms with E-state index in [2.05, 4.69) is 26.5 Å². The lowest BCUT2D eigenvalue weighted by Crippen LogP contribution is -2.50. The Bertz CT molecular complexity index is 1950. The van der Waals surface area contributed by atoms with Crippen LogP contribution < -0.4 is 10.2 Å². The zero-order valence-corrected chi connectivity index (χ0v) is 27.6. The van der Waals surface area contributed by atoms with Crippen molar-refractivity contribution < 1.29 is 22.7 Å². The van der Waals surface area contributed by atoms with Crippen LogP contribution in [0.15, 0.2) is 48.8 Å². The normalized spacial score (nSPS) is 17.3. The Morgan fingerprint density at radius 3 is 2.47 bits per heavy atom. The van der Waals surface area contributed by atoms with Crippen LogP contribution in [0.1, 0.15) is 59.3 Å². The fourth-order valence-electron chi connectivity index (χ4n) is 6.90. The Morgan fingerprint density at radius 1 is 1.06 bits per heavy atom. The number of nitrogens with zero attached hydrogens (tertiary/aromatic N) is 7. The number of rotatable bonds is 8. The number of nitriles is 1. The summed E-state index contributed by atoms with van der Waals surface area (Å²) in [5, 5.41) is 21.3.